The lowest BCUT2D eigenvalue weighted by atomic mass is 10.3. The third-order valence-electron chi connectivity index (χ3n) is 2.44. The molecule has 0 fully saturated rings. The van der Waals surface area contributed by atoms with Gasteiger partial charge in [-0.2, -0.15) is 0 Å². The summed E-state index contributed by atoms with van der Waals surface area (Å²) in [6.45, 7) is 0. The van der Waals surface area contributed by atoms with Crippen LogP contribution in [-0.4, -0.2) is 16.2 Å². The van der Waals surface area contributed by atoms with E-state index in [1.807, 2.05) is 49.5 Å². The van der Waals surface area contributed by atoms with E-state index in [2.05, 4.69) is 4.98 Å². The van der Waals surface area contributed by atoms with Crippen molar-refractivity contribution in [2.24, 2.45) is 0 Å². The Bertz CT molecular complexity index is 487. The molecule has 0 amide bonds. The lowest BCUT2D eigenvalue weighted by Crippen LogP contribution is -2.21. The first kappa shape index (κ1) is 11.8. The van der Waals surface area contributed by atoms with Gasteiger partial charge in [-0.15, -0.1) is 0 Å². The molecule has 88 valence electrons. The number of pyridine rings is 1. The second-order valence-electron chi connectivity index (χ2n) is 3.66. The Balaban J connectivity index is 2.06. The molecule has 4 heteroatoms. The van der Waals surface area contributed by atoms with E-state index in [4.69, 9.17) is 0 Å². The maximum Gasteiger partial charge on any atom is 0.124 e. The number of para-hydroxylation sites is 1. The van der Waals surface area contributed by atoms with Gasteiger partial charge in [0.15, 0.2) is 0 Å². The highest BCUT2D eigenvalue weighted by molar-refractivity contribution is 7.85. The summed E-state index contributed by atoms with van der Waals surface area (Å²) in [5, 5.41) is 0. The normalized spacial score (nSPS) is 12.1. The zero-order chi connectivity index (χ0) is 12.1. The first-order chi connectivity index (χ1) is 8.27. The molecule has 1 heterocycles. The Labute approximate surface area is 104 Å². The van der Waals surface area contributed by atoms with Crippen LogP contribution in [0, 0.1) is 0 Å². The number of aromatic nitrogens is 1. The van der Waals surface area contributed by atoms with Crippen molar-refractivity contribution in [2.45, 2.75) is 5.75 Å². The predicted octanol–water partition coefficient (Wildman–Crippen LogP) is 2.38. The molecule has 0 N–H and O–H groups in total. The summed E-state index contributed by atoms with van der Waals surface area (Å²) < 4.78 is 13.9. The Morgan fingerprint density at radius 2 is 1.94 bits per heavy atom. The van der Waals surface area contributed by atoms with Gasteiger partial charge >= 0.3 is 0 Å². The number of anilines is 1. The summed E-state index contributed by atoms with van der Waals surface area (Å²) in [5.41, 5.74) is 1.93. The van der Waals surface area contributed by atoms with Crippen molar-refractivity contribution in [3.8, 4) is 0 Å². The van der Waals surface area contributed by atoms with E-state index >= 15 is 0 Å². The lowest BCUT2D eigenvalue weighted by Gasteiger charge is -2.17. The molecule has 0 aliphatic heterocycles. The molecule has 0 bridgehead atoms. The van der Waals surface area contributed by atoms with Gasteiger partial charge in [-0.05, 0) is 23.8 Å². The third kappa shape index (κ3) is 3.14. The zero-order valence-corrected chi connectivity index (χ0v) is 10.4. The molecule has 1 aromatic heterocycles. The summed E-state index contributed by atoms with van der Waals surface area (Å²) in [5.74, 6) is 0.485. The molecule has 0 spiro atoms. The van der Waals surface area contributed by atoms with Crippen LogP contribution in [0.5, 0.6) is 0 Å². The molecule has 0 aliphatic rings. The van der Waals surface area contributed by atoms with Gasteiger partial charge in [0.05, 0.1) is 5.75 Å². The molecule has 1 aromatic carbocycles. The van der Waals surface area contributed by atoms with Gasteiger partial charge in [-0.25, -0.2) is 4.21 Å². The van der Waals surface area contributed by atoms with Crippen molar-refractivity contribution in [3.63, 3.8) is 0 Å². The molecule has 1 unspecified atom stereocenters. The van der Waals surface area contributed by atoms with Crippen LogP contribution in [0.25, 0.3) is 0 Å². The summed E-state index contributed by atoms with van der Waals surface area (Å²) in [6, 6.07) is 13.5. The number of hydrogen-bond donors (Lipinski definition) is 0. The largest absolute Gasteiger partial charge is 0.295 e. The minimum Gasteiger partial charge on any atom is -0.295 e. The van der Waals surface area contributed by atoms with Gasteiger partial charge in [-0.3, -0.25) is 9.29 Å². The van der Waals surface area contributed by atoms with E-state index in [-0.39, 0.29) is 0 Å². The van der Waals surface area contributed by atoms with Crippen LogP contribution in [0.3, 0.4) is 0 Å². The molecule has 17 heavy (non-hydrogen) atoms. The van der Waals surface area contributed by atoms with Gasteiger partial charge in [0, 0.05) is 25.1 Å². The Morgan fingerprint density at radius 1 is 1.18 bits per heavy atom. The average molecular weight is 246 g/mol. The van der Waals surface area contributed by atoms with Crippen LogP contribution in [0.4, 0.5) is 5.69 Å². The van der Waals surface area contributed by atoms with Gasteiger partial charge in [0.2, 0.25) is 0 Å². The maximum absolute atomic E-state index is 12.1. The van der Waals surface area contributed by atoms with Crippen molar-refractivity contribution in [3.05, 3.63) is 60.4 Å². The van der Waals surface area contributed by atoms with E-state index in [0.29, 0.717) is 5.75 Å². The molecule has 0 radical (unpaired) electrons. The monoisotopic (exact) mass is 246 g/mol. The molecule has 1 atom stereocenters. The predicted molar refractivity (Wildman–Crippen MR) is 70.9 cm³/mol. The molecular formula is C13H14N2OS. The van der Waals surface area contributed by atoms with E-state index in [1.54, 1.807) is 16.7 Å². The molecule has 3 nitrogen and oxygen atoms in total. The molecule has 0 saturated heterocycles. The van der Waals surface area contributed by atoms with Gasteiger partial charge in [-0.1, -0.05) is 24.3 Å². The molecule has 0 aliphatic carbocycles. The topological polar surface area (TPSA) is 33.2 Å². The van der Waals surface area contributed by atoms with Gasteiger partial charge in [0.1, 0.15) is 11.0 Å². The van der Waals surface area contributed by atoms with Crippen molar-refractivity contribution in [1.82, 2.24) is 4.98 Å². The van der Waals surface area contributed by atoms with Crippen molar-refractivity contribution in [2.75, 3.05) is 11.4 Å². The second kappa shape index (κ2) is 5.59. The highest BCUT2D eigenvalue weighted by Gasteiger charge is 2.09. The van der Waals surface area contributed by atoms with E-state index < -0.39 is 11.0 Å². The first-order valence-corrected chi connectivity index (χ1v) is 6.61. The third-order valence-corrected chi connectivity index (χ3v) is 3.84. The van der Waals surface area contributed by atoms with E-state index in [0.717, 1.165) is 11.3 Å². The van der Waals surface area contributed by atoms with Crippen LogP contribution in [-0.2, 0) is 16.7 Å². The van der Waals surface area contributed by atoms with Crippen molar-refractivity contribution < 1.29 is 4.21 Å². The summed E-state index contributed by atoms with van der Waals surface area (Å²) in [6.07, 6.45) is 3.46. The van der Waals surface area contributed by atoms with Crippen LogP contribution in [0.2, 0.25) is 0 Å². The lowest BCUT2D eigenvalue weighted by molar-refractivity contribution is 0.681. The summed E-state index contributed by atoms with van der Waals surface area (Å²) in [4.78, 5) is 4.02. The van der Waals surface area contributed by atoms with E-state index in [1.165, 1.54) is 0 Å². The van der Waals surface area contributed by atoms with Crippen LogP contribution in [0.1, 0.15) is 5.56 Å². The first-order valence-electron chi connectivity index (χ1n) is 5.33. The van der Waals surface area contributed by atoms with Crippen molar-refractivity contribution >= 4 is 16.7 Å². The maximum atomic E-state index is 12.1. The quantitative estimate of drug-likeness (QED) is 0.830. The minimum atomic E-state index is -1.07. The fourth-order valence-electron chi connectivity index (χ4n) is 1.48. The highest BCUT2D eigenvalue weighted by atomic mass is 32.2. The molecule has 2 aromatic rings. The minimum absolute atomic E-state index is 0.485. The fraction of sp³-hybridized carbons (Fsp3) is 0.154. The van der Waals surface area contributed by atoms with Crippen LogP contribution in [0.15, 0.2) is 54.9 Å². The SMILES string of the molecule is CN(c1ccccc1)S(=O)Cc1cccnc1. The number of benzene rings is 1. The zero-order valence-electron chi connectivity index (χ0n) is 9.61. The smallest absolute Gasteiger partial charge is 0.124 e. The Kier molecular flexibility index (Phi) is 3.88. The number of nitrogens with zero attached hydrogens (tertiary/aromatic N) is 2. The molecule has 0 saturated carbocycles. The van der Waals surface area contributed by atoms with Gasteiger partial charge < -0.3 is 0 Å². The summed E-state index contributed by atoms with van der Waals surface area (Å²) >= 11 is 0. The van der Waals surface area contributed by atoms with E-state index in [9.17, 15) is 4.21 Å². The van der Waals surface area contributed by atoms with Crippen molar-refractivity contribution in [1.29, 1.82) is 0 Å². The Morgan fingerprint density at radius 3 is 2.59 bits per heavy atom. The second-order valence-corrected chi connectivity index (χ2v) is 5.14. The number of rotatable bonds is 4. The van der Waals surface area contributed by atoms with Crippen LogP contribution < -0.4 is 4.31 Å². The highest BCUT2D eigenvalue weighted by Crippen LogP contribution is 2.15. The standard InChI is InChI=1S/C13H14N2OS/c1-15(13-7-3-2-4-8-13)17(16)11-12-6-5-9-14-10-12/h2-10H,11H2,1H3. The fourth-order valence-corrected chi connectivity index (χ4v) is 2.48. The van der Waals surface area contributed by atoms with Crippen LogP contribution >= 0.6 is 0 Å². The Hall–Kier alpha value is -1.68. The summed E-state index contributed by atoms with van der Waals surface area (Å²) in [7, 11) is 0.762. The molecule has 2 rings (SSSR count). The number of hydrogen-bond acceptors (Lipinski definition) is 2. The van der Waals surface area contributed by atoms with Gasteiger partial charge in [0.25, 0.3) is 0 Å². The molecular weight excluding hydrogens is 232 g/mol. The average Bonchev–Trinajstić information content (AvgIpc) is 2.40.